The van der Waals surface area contributed by atoms with Crippen LogP contribution in [0.5, 0.6) is 0 Å². The Morgan fingerprint density at radius 3 is 2.37 bits per heavy atom. The van der Waals surface area contributed by atoms with Gasteiger partial charge in [-0.05, 0) is 24.3 Å². The fraction of sp³-hybridized carbons (Fsp3) is 0.158. The number of amides is 2. The van der Waals surface area contributed by atoms with E-state index in [1.54, 1.807) is 23.7 Å². The Labute approximate surface area is 161 Å². The van der Waals surface area contributed by atoms with Crippen LogP contribution in [0.2, 0.25) is 0 Å². The Kier molecular flexibility index (Phi) is 6.22. The number of nitrogens with one attached hydrogen (secondary N) is 2. The van der Waals surface area contributed by atoms with E-state index in [0.717, 1.165) is 5.69 Å². The molecule has 0 unspecified atom stereocenters. The minimum absolute atomic E-state index is 0.117. The lowest BCUT2D eigenvalue weighted by Crippen LogP contribution is -2.24. The van der Waals surface area contributed by atoms with Crippen molar-refractivity contribution in [2.75, 3.05) is 11.1 Å². The number of para-hydroxylation sites is 1. The molecule has 1 heterocycles. The molecule has 2 amide bonds. The van der Waals surface area contributed by atoms with Crippen LogP contribution in [-0.4, -0.2) is 32.3 Å². The van der Waals surface area contributed by atoms with Crippen LogP contribution >= 0.6 is 11.8 Å². The number of nitrogens with zero attached hydrogens (tertiary/aromatic N) is 3. The highest BCUT2D eigenvalue weighted by atomic mass is 32.2. The van der Waals surface area contributed by atoms with E-state index in [-0.39, 0.29) is 24.1 Å². The van der Waals surface area contributed by atoms with Gasteiger partial charge < -0.3 is 15.2 Å². The molecule has 0 radical (unpaired) electrons. The second kappa shape index (κ2) is 9.00. The minimum atomic E-state index is -0.171. The molecule has 3 rings (SSSR count). The molecule has 0 aliphatic carbocycles. The summed E-state index contributed by atoms with van der Waals surface area (Å²) in [4.78, 5) is 24.1. The molecule has 27 heavy (non-hydrogen) atoms. The molecule has 138 valence electrons. The molecule has 0 spiro atoms. The molecule has 0 saturated carbocycles. The Bertz CT molecular complexity index is 912. The third kappa shape index (κ3) is 5.18. The molecule has 8 heteroatoms. The van der Waals surface area contributed by atoms with Crippen molar-refractivity contribution in [2.45, 2.75) is 11.7 Å². The van der Waals surface area contributed by atoms with Crippen molar-refractivity contribution in [3.8, 4) is 0 Å². The van der Waals surface area contributed by atoms with Gasteiger partial charge in [0.15, 0.2) is 11.0 Å². The second-order valence-electron chi connectivity index (χ2n) is 5.71. The molecular weight excluding hydrogens is 362 g/mol. The first-order valence-electron chi connectivity index (χ1n) is 8.32. The molecule has 3 aromatic rings. The summed E-state index contributed by atoms with van der Waals surface area (Å²) in [6, 6.07) is 18.3. The van der Waals surface area contributed by atoms with E-state index in [1.165, 1.54) is 11.8 Å². The zero-order valence-electron chi connectivity index (χ0n) is 14.8. The summed E-state index contributed by atoms with van der Waals surface area (Å²) in [5.74, 6) is 0.547. The Morgan fingerprint density at radius 2 is 1.67 bits per heavy atom. The number of thioether (sulfide) groups is 1. The summed E-state index contributed by atoms with van der Waals surface area (Å²) >= 11 is 1.29. The molecule has 1 aromatic heterocycles. The molecule has 0 fully saturated rings. The first kappa shape index (κ1) is 18.7. The lowest BCUT2D eigenvalue weighted by molar-refractivity contribution is -0.113. The van der Waals surface area contributed by atoms with Crippen molar-refractivity contribution in [1.29, 1.82) is 0 Å². The van der Waals surface area contributed by atoms with Crippen molar-refractivity contribution in [2.24, 2.45) is 7.05 Å². The van der Waals surface area contributed by atoms with Crippen LogP contribution in [-0.2, 0) is 18.4 Å². The smallest absolute Gasteiger partial charge is 0.251 e. The summed E-state index contributed by atoms with van der Waals surface area (Å²) in [6.45, 7) is 0.258. The second-order valence-corrected chi connectivity index (χ2v) is 6.65. The van der Waals surface area contributed by atoms with Gasteiger partial charge in [0.1, 0.15) is 0 Å². The number of carbonyl (C=O) groups is 2. The van der Waals surface area contributed by atoms with E-state index >= 15 is 0 Å². The number of hydrogen-bond donors (Lipinski definition) is 2. The molecule has 2 N–H and O–H groups in total. The van der Waals surface area contributed by atoms with Crippen molar-refractivity contribution >= 4 is 29.3 Å². The molecule has 0 aliphatic rings. The van der Waals surface area contributed by atoms with Crippen molar-refractivity contribution in [1.82, 2.24) is 20.1 Å². The number of anilines is 1. The zero-order chi connectivity index (χ0) is 19.1. The lowest BCUT2D eigenvalue weighted by Gasteiger charge is -2.06. The number of benzene rings is 2. The van der Waals surface area contributed by atoms with E-state index in [1.807, 2.05) is 48.5 Å². The molecular formula is C19H19N5O2S. The maximum Gasteiger partial charge on any atom is 0.251 e. The molecule has 0 atom stereocenters. The zero-order valence-corrected chi connectivity index (χ0v) is 15.6. The fourth-order valence-corrected chi connectivity index (χ4v) is 3.05. The Morgan fingerprint density at radius 1 is 1.00 bits per heavy atom. The van der Waals surface area contributed by atoms with Gasteiger partial charge in [0.05, 0.1) is 12.3 Å². The summed E-state index contributed by atoms with van der Waals surface area (Å²) in [5.41, 5.74) is 1.34. The van der Waals surface area contributed by atoms with Gasteiger partial charge in [-0.25, -0.2) is 0 Å². The van der Waals surface area contributed by atoms with Gasteiger partial charge in [-0.15, -0.1) is 10.2 Å². The quantitative estimate of drug-likeness (QED) is 0.614. The summed E-state index contributed by atoms with van der Waals surface area (Å²) in [7, 11) is 1.81. The van der Waals surface area contributed by atoms with Crippen LogP contribution in [0.1, 0.15) is 16.2 Å². The third-order valence-corrected chi connectivity index (χ3v) is 4.78. The molecule has 0 bridgehead atoms. The van der Waals surface area contributed by atoms with Crippen LogP contribution in [0.3, 0.4) is 0 Å². The van der Waals surface area contributed by atoms with Gasteiger partial charge in [0, 0.05) is 18.3 Å². The lowest BCUT2D eigenvalue weighted by atomic mass is 10.2. The molecule has 0 aliphatic heterocycles. The maximum absolute atomic E-state index is 12.1. The van der Waals surface area contributed by atoms with Gasteiger partial charge in [-0.1, -0.05) is 48.2 Å². The molecule has 2 aromatic carbocycles. The van der Waals surface area contributed by atoms with Crippen molar-refractivity contribution < 1.29 is 9.59 Å². The van der Waals surface area contributed by atoms with Gasteiger partial charge in [0.2, 0.25) is 5.91 Å². The van der Waals surface area contributed by atoms with Gasteiger partial charge in [-0.3, -0.25) is 9.59 Å². The Hall–Kier alpha value is -3.13. The first-order chi connectivity index (χ1) is 13.1. The predicted molar refractivity (Wildman–Crippen MR) is 104 cm³/mol. The number of carbonyl (C=O) groups excluding carboxylic acids is 2. The maximum atomic E-state index is 12.1. The third-order valence-electron chi connectivity index (χ3n) is 3.76. The van der Waals surface area contributed by atoms with Crippen LogP contribution in [0.4, 0.5) is 5.69 Å². The van der Waals surface area contributed by atoms with E-state index in [4.69, 9.17) is 0 Å². The minimum Gasteiger partial charge on any atom is -0.345 e. The van der Waals surface area contributed by atoms with E-state index in [0.29, 0.717) is 16.5 Å². The van der Waals surface area contributed by atoms with Crippen molar-refractivity contribution in [3.63, 3.8) is 0 Å². The largest absolute Gasteiger partial charge is 0.345 e. The predicted octanol–water partition coefficient (Wildman–Crippen LogP) is 2.48. The number of hydrogen-bond acceptors (Lipinski definition) is 5. The van der Waals surface area contributed by atoms with Crippen LogP contribution in [0.25, 0.3) is 0 Å². The highest BCUT2D eigenvalue weighted by Gasteiger charge is 2.13. The average molecular weight is 381 g/mol. The van der Waals surface area contributed by atoms with E-state index in [2.05, 4.69) is 20.8 Å². The van der Waals surface area contributed by atoms with Crippen LogP contribution in [0, 0.1) is 0 Å². The van der Waals surface area contributed by atoms with Gasteiger partial charge >= 0.3 is 0 Å². The van der Waals surface area contributed by atoms with Gasteiger partial charge in [0.25, 0.3) is 5.91 Å². The number of aromatic nitrogens is 3. The summed E-state index contributed by atoms with van der Waals surface area (Å²) in [6.07, 6.45) is 0. The topological polar surface area (TPSA) is 88.9 Å². The standard InChI is InChI=1S/C19H19N5O2S/c1-24-16(12-20-18(26)14-8-4-2-5-9-14)22-23-19(24)27-13-17(25)21-15-10-6-3-7-11-15/h2-11H,12-13H2,1H3,(H,20,26)(H,21,25). The van der Waals surface area contributed by atoms with Crippen LogP contribution < -0.4 is 10.6 Å². The van der Waals surface area contributed by atoms with E-state index in [9.17, 15) is 9.59 Å². The highest BCUT2D eigenvalue weighted by Crippen LogP contribution is 2.16. The SMILES string of the molecule is Cn1c(CNC(=O)c2ccccc2)nnc1SCC(=O)Nc1ccccc1. The van der Waals surface area contributed by atoms with E-state index < -0.39 is 0 Å². The average Bonchev–Trinajstić information content (AvgIpc) is 3.05. The molecule has 0 saturated heterocycles. The van der Waals surface area contributed by atoms with Gasteiger partial charge in [-0.2, -0.15) is 0 Å². The normalized spacial score (nSPS) is 10.4. The summed E-state index contributed by atoms with van der Waals surface area (Å²) in [5, 5.41) is 14.4. The number of rotatable bonds is 7. The van der Waals surface area contributed by atoms with Crippen molar-refractivity contribution in [3.05, 3.63) is 72.1 Å². The monoisotopic (exact) mass is 381 g/mol. The Balaban J connectivity index is 1.51. The van der Waals surface area contributed by atoms with Crippen LogP contribution in [0.15, 0.2) is 65.8 Å². The first-order valence-corrected chi connectivity index (χ1v) is 9.31. The fourth-order valence-electron chi connectivity index (χ4n) is 2.32. The molecule has 7 nitrogen and oxygen atoms in total. The highest BCUT2D eigenvalue weighted by molar-refractivity contribution is 7.99. The summed E-state index contributed by atoms with van der Waals surface area (Å²) < 4.78 is 1.77.